The van der Waals surface area contributed by atoms with Gasteiger partial charge in [0.15, 0.2) is 0 Å². The van der Waals surface area contributed by atoms with E-state index in [2.05, 4.69) is 9.97 Å². The zero-order valence-electron chi connectivity index (χ0n) is 10.2. The fourth-order valence-corrected chi connectivity index (χ4v) is 2.45. The number of carbonyl (C=O) groups is 1. The molecule has 98 valence electrons. The number of pyridine rings is 1. The second-order valence-corrected chi connectivity index (χ2v) is 4.71. The van der Waals surface area contributed by atoms with E-state index in [0.29, 0.717) is 6.61 Å². The lowest BCUT2D eigenvalue weighted by molar-refractivity contribution is -0.131. The zero-order valence-corrected chi connectivity index (χ0v) is 11.1. The zero-order chi connectivity index (χ0) is 13.7. The van der Waals surface area contributed by atoms with E-state index in [0.717, 1.165) is 27.2 Å². The molecule has 0 aliphatic heterocycles. The summed E-state index contributed by atoms with van der Waals surface area (Å²) in [5.41, 5.74) is 1.63. The lowest BCUT2D eigenvalue weighted by Gasteiger charge is -1.95. The summed E-state index contributed by atoms with van der Waals surface area (Å²) in [6.45, 7) is 0.343. The van der Waals surface area contributed by atoms with Crippen molar-refractivity contribution in [3.63, 3.8) is 0 Å². The number of methoxy groups -OCH3 is 1. The Morgan fingerprint density at radius 1 is 1.58 bits per heavy atom. The molecular formula is C13H12N2O3S. The van der Waals surface area contributed by atoms with E-state index in [-0.39, 0.29) is 0 Å². The van der Waals surface area contributed by atoms with Gasteiger partial charge < -0.3 is 9.84 Å². The van der Waals surface area contributed by atoms with Gasteiger partial charge in [-0.15, -0.1) is 11.3 Å². The van der Waals surface area contributed by atoms with Gasteiger partial charge in [0, 0.05) is 31.1 Å². The van der Waals surface area contributed by atoms with Crippen LogP contribution in [0.25, 0.3) is 16.6 Å². The van der Waals surface area contributed by atoms with Gasteiger partial charge in [-0.05, 0) is 18.2 Å². The van der Waals surface area contributed by atoms with Crippen molar-refractivity contribution in [2.45, 2.75) is 6.61 Å². The number of nitrogens with zero attached hydrogens (tertiary/aromatic N) is 2. The fourth-order valence-electron chi connectivity index (χ4n) is 1.49. The van der Waals surface area contributed by atoms with E-state index >= 15 is 0 Å². The molecule has 0 spiro atoms. The molecule has 0 radical (unpaired) electrons. The number of rotatable bonds is 5. The number of ether oxygens (including phenoxy) is 1. The van der Waals surface area contributed by atoms with E-state index in [4.69, 9.17) is 9.84 Å². The van der Waals surface area contributed by atoms with Crippen LogP contribution in [0.2, 0.25) is 0 Å². The molecule has 2 heterocycles. The van der Waals surface area contributed by atoms with E-state index in [1.165, 1.54) is 17.4 Å². The summed E-state index contributed by atoms with van der Waals surface area (Å²) in [4.78, 5) is 19.9. The second-order valence-electron chi connectivity index (χ2n) is 3.68. The summed E-state index contributed by atoms with van der Waals surface area (Å²) in [6, 6.07) is 3.74. The van der Waals surface area contributed by atoms with Gasteiger partial charge >= 0.3 is 5.97 Å². The van der Waals surface area contributed by atoms with Gasteiger partial charge in [-0.3, -0.25) is 4.98 Å². The van der Waals surface area contributed by atoms with Crippen LogP contribution < -0.4 is 0 Å². The topological polar surface area (TPSA) is 72.3 Å². The summed E-state index contributed by atoms with van der Waals surface area (Å²) >= 11 is 1.41. The number of aliphatic carboxylic acids is 1. The first-order valence-electron chi connectivity index (χ1n) is 5.50. The molecular weight excluding hydrogens is 264 g/mol. The lowest BCUT2D eigenvalue weighted by atomic mass is 10.3. The molecule has 0 aliphatic rings. The Morgan fingerprint density at radius 3 is 3.05 bits per heavy atom. The molecule has 0 unspecified atom stereocenters. The van der Waals surface area contributed by atoms with Crippen molar-refractivity contribution < 1.29 is 14.6 Å². The standard InChI is InChI=1S/C13H12N2O3S/c1-18-8-10-11(4-5-12(16)17)19-13(15-10)9-3-2-6-14-7-9/h2-7H,8H2,1H3,(H,16,17)/b5-4+. The molecule has 1 N–H and O–H groups in total. The van der Waals surface area contributed by atoms with E-state index in [1.807, 2.05) is 12.1 Å². The van der Waals surface area contributed by atoms with Gasteiger partial charge in [0.1, 0.15) is 5.01 Å². The van der Waals surface area contributed by atoms with Crippen LogP contribution in [0.3, 0.4) is 0 Å². The molecule has 0 aromatic carbocycles. The van der Waals surface area contributed by atoms with Crippen LogP contribution >= 0.6 is 11.3 Å². The second kappa shape index (κ2) is 6.21. The molecule has 5 nitrogen and oxygen atoms in total. The SMILES string of the molecule is COCc1nc(-c2cccnc2)sc1/C=C/C(=O)O. The largest absolute Gasteiger partial charge is 0.478 e. The van der Waals surface area contributed by atoms with Crippen molar-refractivity contribution in [1.29, 1.82) is 0 Å². The third-order valence-corrected chi connectivity index (χ3v) is 3.41. The number of carboxylic acids is 1. The first kappa shape index (κ1) is 13.4. The van der Waals surface area contributed by atoms with Crippen molar-refractivity contribution in [2.75, 3.05) is 7.11 Å². The van der Waals surface area contributed by atoms with Crippen LogP contribution in [0.15, 0.2) is 30.6 Å². The van der Waals surface area contributed by atoms with Crippen molar-refractivity contribution in [3.05, 3.63) is 41.2 Å². The summed E-state index contributed by atoms with van der Waals surface area (Å²) in [5, 5.41) is 9.47. The first-order chi connectivity index (χ1) is 9.20. The highest BCUT2D eigenvalue weighted by atomic mass is 32.1. The van der Waals surface area contributed by atoms with Crippen LogP contribution in [0.1, 0.15) is 10.6 Å². The maximum atomic E-state index is 10.6. The molecule has 0 atom stereocenters. The number of aromatic nitrogens is 2. The van der Waals surface area contributed by atoms with Crippen LogP contribution in [0.4, 0.5) is 0 Å². The summed E-state index contributed by atoms with van der Waals surface area (Å²) in [5.74, 6) is -0.986. The van der Waals surface area contributed by atoms with Crippen molar-refractivity contribution in [3.8, 4) is 10.6 Å². The Labute approximate surface area is 114 Å². The van der Waals surface area contributed by atoms with Crippen molar-refractivity contribution in [2.24, 2.45) is 0 Å². The van der Waals surface area contributed by atoms with Gasteiger partial charge in [0.2, 0.25) is 0 Å². The summed E-state index contributed by atoms with van der Waals surface area (Å²) < 4.78 is 5.07. The van der Waals surface area contributed by atoms with Crippen LogP contribution in [0.5, 0.6) is 0 Å². The van der Waals surface area contributed by atoms with Gasteiger partial charge in [0.05, 0.1) is 17.2 Å². The third-order valence-electron chi connectivity index (χ3n) is 2.29. The third kappa shape index (κ3) is 3.46. The van der Waals surface area contributed by atoms with Crippen LogP contribution in [0, 0.1) is 0 Å². The lowest BCUT2D eigenvalue weighted by Crippen LogP contribution is -1.91. The molecule has 0 bridgehead atoms. The minimum absolute atomic E-state index is 0.343. The molecule has 6 heteroatoms. The smallest absolute Gasteiger partial charge is 0.328 e. The minimum Gasteiger partial charge on any atom is -0.478 e. The molecule has 0 saturated carbocycles. The number of hydrogen-bond donors (Lipinski definition) is 1. The van der Waals surface area contributed by atoms with Gasteiger partial charge in [0.25, 0.3) is 0 Å². The van der Waals surface area contributed by atoms with Crippen molar-refractivity contribution >= 4 is 23.4 Å². The highest BCUT2D eigenvalue weighted by Gasteiger charge is 2.10. The van der Waals surface area contributed by atoms with Gasteiger partial charge in [-0.25, -0.2) is 9.78 Å². The predicted molar refractivity (Wildman–Crippen MR) is 72.7 cm³/mol. The first-order valence-corrected chi connectivity index (χ1v) is 6.32. The monoisotopic (exact) mass is 276 g/mol. The van der Waals surface area contributed by atoms with Crippen molar-refractivity contribution in [1.82, 2.24) is 9.97 Å². The molecule has 2 aromatic heterocycles. The van der Waals surface area contributed by atoms with Gasteiger partial charge in [-0.2, -0.15) is 0 Å². The van der Waals surface area contributed by atoms with E-state index in [1.54, 1.807) is 19.5 Å². The summed E-state index contributed by atoms with van der Waals surface area (Å²) in [6.07, 6.45) is 6.05. The van der Waals surface area contributed by atoms with Crippen LogP contribution in [-0.2, 0) is 16.1 Å². The predicted octanol–water partition coefficient (Wildman–Crippen LogP) is 2.45. The molecule has 0 aliphatic carbocycles. The number of hydrogen-bond acceptors (Lipinski definition) is 5. The Bertz CT molecular complexity index is 593. The van der Waals surface area contributed by atoms with Gasteiger partial charge in [-0.1, -0.05) is 0 Å². The molecule has 2 aromatic rings. The van der Waals surface area contributed by atoms with E-state index in [9.17, 15) is 4.79 Å². The highest BCUT2D eigenvalue weighted by molar-refractivity contribution is 7.16. The average Bonchev–Trinajstić information content (AvgIpc) is 2.81. The molecule has 19 heavy (non-hydrogen) atoms. The number of thiazole rings is 1. The van der Waals surface area contributed by atoms with E-state index < -0.39 is 5.97 Å². The molecule has 0 amide bonds. The maximum absolute atomic E-state index is 10.6. The Morgan fingerprint density at radius 2 is 2.42 bits per heavy atom. The molecule has 0 saturated heterocycles. The Balaban J connectivity index is 2.37. The normalized spacial score (nSPS) is 11.0. The van der Waals surface area contributed by atoms with Crippen LogP contribution in [-0.4, -0.2) is 28.2 Å². The molecule has 2 rings (SSSR count). The quantitative estimate of drug-likeness (QED) is 0.849. The molecule has 0 fully saturated rings. The summed E-state index contributed by atoms with van der Waals surface area (Å²) in [7, 11) is 1.58. The highest BCUT2D eigenvalue weighted by Crippen LogP contribution is 2.28. The average molecular weight is 276 g/mol. The fraction of sp³-hybridized carbons (Fsp3) is 0.154. The Kier molecular flexibility index (Phi) is 4.38. The Hall–Kier alpha value is -2.05. The maximum Gasteiger partial charge on any atom is 0.328 e. The number of carboxylic acid groups (broad SMARTS) is 1. The minimum atomic E-state index is -0.986.